The number of ether oxygens (including phenoxy) is 1. The Bertz CT molecular complexity index is 543. The largest absolute Gasteiger partial charge is 0.492 e. The molecule has 0 heterocycles. The molecule has 0 aromatic heterocycles. The molecule has 0 spiro atoms. The van der Waals surface area contributed by atoms with E-state index in [2.05, 4.69) is 37.1 Å². The molecule has 0 amide bonds. The lowest BCUT2D eigenvalue weighted by Crippen LogP contribution is -2.23. The fraction of sp³-hybridized carbons (Fsp3) is 0.294. The lowest BCUT2D eigenvalue weighted by Gasteiger charge is -2.17. The summed E-state index contributed by atoms with van der Waals surface area (Å²) in [6.45, 7) is 4.51. The molecule has 21 heavy (non-hydrogen) atoms. The molecular weight excluding hydrogens is 284 g/mol. The van der Waals surface area contributed by atoms with Crippen molar-refractivity contribution < 1.29 is 4.74 Å². The van der Waals surface area contributed by atoms with Crippen LogP contribution in [0.4, 0.5) is 5.69 Å². The van der Waals surface area contributed by atoms with Gasteiger partial charge in [-0.05, 0) is 43.8 Å². The highest BCUT2D eigenvalue weighted by Gasteiger charge is 2.01. The Morgan fingerprint density at radius 3 is 2.48 bits per heavy atom. The van der Waals surface area contributed by atoms with Crippen LogP contribution >= 0.6 is 12.4 Å². The van der Waals surface area contributed by atoms with Gasteiger partial charge >= 0.3 is 0 Å². The maximum absolute atomic E-state index is 5.78. The second-order valence-corrected chi connectivity index (χ2v) is 5.14. The van der Waals surface area contributed by atoms with Crippen LogP contribution in [0.1, 0.15) is 11.1 Å². The summed E-state index contributed by atoms with van der Waals surface area (Å²) in [5, 5.41) is 0. The maximum Gasteiger partial charge on any atom is 0.119 e. The predicted octanol–water partition coefficient (Wildman–Crippen LogP) is 3.51. The molecule has 114 valence electrons. The van der Waals surface area contributed by atoms with Gasteiger partial charge < -0.3 is 10.5 Å². The average molecular weight is 307 g/mol. The van der Waals surface area contributed by atoms with Crippen LogP contribution in [0, 0.1) is 6.92 Å². The normalized spacial score (nSPS) is 10.2. The molecule has 0 saturated carbocycles. The number of nitrogens with two attached hydrogens (primary N) is 1. The van der Waals surface area contributed by atoms with E-state index in [1.54, 1.807) is 0 Å². The van der Waals surface area contributed by atoms with Crippen molar-refractivity contribution in [1.82, 2.24) is 4.90 Å². The molecular formula is C17H23ClN2O. The monoisotopic (exact) mass is 306 g/mol. The van der Waals surface area contributed by atoms with Gasteiger partial charge in [0.15, 0.2) is 0 Å². The second-order valence-electron chi connectivity index (χ2n) is 5.14. The van der Waals surface area contributed by atoms with Crippen LogP contribution in [-0.4, -0.2) is 25.1 Å². The molecule has 0 aliphatic carbocycles. The molecule has 0 fully saturated rings. The third-order valence-electron chi connectivity index (χ3n) is 3.17. The number of rotatable bonds is 6. The summed E-state index contributed by atoms with van der Waals surface area (Å²) in [5.41, 5.74) is 9.06. The predicted molar refractivity (Wildman–Crippen MR) is 91.1 cm³/mol. The highest BCUT2D eigenvalue weighted by atomic mass is 35.5. The van der Waals surface area contributed by atoms with Gasteiger partial charge in [0.25, 0.3) is 0 Å². The van der Waals surface area contributed by atoms with Crippen LogP contribution in [0.5, 0.6) is 5.75 Å². The molecule has 0 bridgehead atoms. The van der Waals surface area contributed by atoms with Gasteiger partial charge in [0.2, 0.25) is 0 Å². The zero-order valence-electron chi connectivity index (χ0n) is 12.6. The summed E-state index contributed by atoms with van der Waals surface area (Å²) in [4.78, 5) is 2.23. The Kier molecular flexibility index (Phi) is 7.06. The zero-order valence-corrected chi connectivity index (χ0v) is 13.4. The summed E-state index contributed by atoms with van der Waals surface area (Å²) < 4.78 is 5.73. The molecule has 0 atom stereocenters. The number of hydrogen-bond acceptors (Lipinski definition) is 3. The molecule has 2 aromatic carbocycles. The maximum atomic E-state index is 5.78. The number of halogens is 1. The number of hydrogen-bond donors (Lipinski definition) is 1. The molecule has 2 N–H and O–H groups in total. The first-order chi connectivity index (χ1) is 9.63. The van der Waals surface area contributed by atoms with Crippen LogP contribution in [0.2, 0.25) is 0 Å². The smallest absolute Gasteiger partial charge is 0.119 e. The van der Waals surface area contributed by atoms with Crippen molar-refractivity contribution in [2.45, 2.75) is 13.5 Å². The Morgan fingerprint density at radius 2 is 1.81 bits per heavy atom. The van der Waals surface area contributed by atoms with Gasteiger partial charge in [-0.2, -0.15) is 0 Å². The summed E-state index contributed by atoms with van der Waals surface area (Å²) in [6, 6.07) is 16.1. The van der Waals surface area contributed by atoms with Crippen molar-refractivity contribution in [2.75, 3.05) is 25.9 Å². The third-order valence-corrected chi connectivity index (χ3v) is 3.17. The second kappa shape index (κ2) is 8.55. The molecule has 3 nitrogen and oxygen atoms in total. The van der Waals surface area contributed by atoms with Crippen LogP contribution < -0.4 is 10.5 Å². The third kappa shape index (κ3) is 6.06. The highest BCUT2D eigenvalue weighted by Crippen LogP contribution is 2.12. The highest BCUT2D eigenvalue weighted by molar-refractivity contribution is 5.85. The Morgan fingerprint density at radius 1 is 1.10 bits per heavy atom. The van der Waals surface area contributed by atoms with Crippen LogP contribution in [0.15, 0.2) is 48.5 Å². The first-order valence-electron chi connectivity index (χ1n) is 6.86. The van der Waals surface area contributed by atoms with Gasteiger partial charge in [-0.15, -0.1) is 12.4 Å². The van der Waals surface area contributed by atoms with E-state index >= 15 is 0 Å². The van der Waals surface area contributed by atoms with E-state index in [4.69, 9.17) is 10.5 Å². The van der Waals surface area contributed by atoms with E-state index in [9.17, 15) is 0 Å². The topological polar surface area (TPSA) is 38.5 Å². The Hall–Kier alpha value is -1.71. The van der Waals surface area contributed by atoms with Crippen LogP contribution in [-0.2, 0) is 6.54 Å². The van der Waals surface area contributed by atoms with Gasteiger partial charge in [0.1, 0.15) is 12.4 Å². The molecule has 0 unspecified atom stereocenters. The van der Waals surface area contributed by atoms with E-state index < -0.39 is 0 Å². The molecule has 0 saturated heterocycles. The quantitative estimate of drug-likeness (QED) is 0.830. The van der Waals surface area contributed by atoms with Crippen molar-refractivity contribution in [3.8, 4) is 5.75 Å². The Labute approximate surface area is 133 Å². The molecule has 2 aromatic rings. The van der Waals surface area contributed by atoms with E-state index in [1.807, 2.05) is 30.3 Å². The summed E-state index contributed by atoms with van der Waals surface area (Å²) in [6.07, 6.45) is 0. The minimum Gasteiger partial charge on any atom is -0.492 e. The molecule has 2 rings (SSSR count). The van der Waals surface area contributed by atoms with E-state index in [-0.39, 0.29) is 12.4 Å². The summed E-state index contributed by atoms with van der Waals surface area (Å²) in [7, 11) is 2.09. The van der Waals surface area contributed by atoms with Crippen LogP contribution in [0.25, 0.3) is 0 Å². The van der Waals surface area contributed by atoms with Gasteiger partial charge in [-0.25, -0.2) is 0 Å². The Balaban J connectivity index is 0.00000220. The number of benzene rings is 2. The average Bonchev–Trinajstić information content (AvgIpc) is 2.41. The van der Waals surface area contributed by atoms with Crippen molar-refractivity contribution in [2.24, 2.45) is 0 Å². The van der Waals surface area contributed by atoms with Crippen molar-refractivity contribution in [1.29, 1.82) is 0 Å². The lowest BCUT2D eigenvalue weighted by atomic mass is 10.2. The fourth-order valence-corrected chi connectivity index (χ4v) is 2.04. The first kappa shape index (κ1) is 17.3. The number of nitrogen functional groups attached to an aromatic ring is 1. The van der Waals surface area contributed by atoms with Gasteiger partial charge in [-0.3, -0.25) is 4.90 Å². The number of likely N-dealkylation sites (N-methyl/N-ethyl adjacent to an activating group) is 1. The SMILES string of the molecule is Cc1ccc(OCCN(C)Cc2cccc(N)c2)cc1.Cl. The van der Waals surface area contributed by atoms with E-state index in [1.165, 1.54) is 11.1 Å². The fourth-order valence-electron chi connectivity index (χ4n) is 2.04. The number of aryl methyl sites for hydroxylation is 1. The standard InChI is InChI=1S/C17H22N2O.ClH/c1-14-6-8-17(9-7-14)20-11-10-19(2)13-15-4-3-5-16(18)12-15;/h3-9,12H,10-11,13,18H2,1-2H3;1H. The zero-order chi connectivity index (χ0) is 14.4. The van der Waals surface area contributed by atoms with Crippen LogP contribution in [0.3, 0.4) is 0 Å². The molecule has 0 radical (unpaired) electrons. The minimum atomic E-state index is 0. The summed E-state index contributed by atoms with van der Waals surface area (Å²) in [5.74, 6) is 0.924. The number of nitrogens with zero attached hydrogens (tertiary/aromatic N) is 1. The van der Waals surface area contributed by atoms with Gasteiger partial charge in [-0.1, -0.05) is 29.8 Å². The van der Waals surface area contributed by atoms with E-state index in [0.717, 1.165) is 24.5 Å². The summed E-state index contributed by atoms with van der Waals surface area (Å²) >= 11 is 0. The minimum absolute atomic E-state index is 0. The van der Waals surface area contributed by atoms with Gasteiger partial charge in [0, 0.05) is 18.8 Å². The van der Waals surface area contributed by atoms with E-state index in [0.29, 0.717) is 6.61 Å². The molecule has 0 aliphatic heterocycles. The molecule has 0 aliphatic rings. The first-order valence-corrected chi connectivity index (χ1v) is 6.86. The number of anilines is 1. The molecule has 4 heteroatoms. The lowest BCUT2D eigenvalue weighted by molar-refractivity contribution is 0.233. The van der Waals surface area contributed by atoms with Gasteiger partial charge in [0.05, 0.1) is 0 Å². The van der Waals surface area contributed by atoms with Crippen molar-refractivity contribution in [3.05, 3.63) is 59.7 Å². The van der Waals surface area contributed by atoms with Crippen molar-refractivity contribution >= 4 is 18.1 Å². The van der Waals surface area contributed by atoms with Crippen molar-refractivity contribution in [3.63, 3.8) is 0 Å².